The van der Waals surface area contributed by atoms with Crippen LogP contribution in [-0.2, 0) is 11.2 Å². The number of Topliss-reactive ketones (excluding diaryl/α,β-unsaturated/α-hetero) is 1. The van der Waals surface area contributed by atoms with E-state index in [1.807, 2.05) is 30.3 Å². The fraction of sp³-hybridized carbons (Fsp3) is 0.562. The Morgan fingerprint density at radius 2 is 1.76 bits per heavy atom. The molecule has 0 N–H and O–H groups in total. The lowest BCUT2D eigenvalue weighted by molar-refractivity contribution is -0.118. The summed E-state index contributed by atoms with van der Waals surface area (Å²) in [6.07, 6.45) is 6.14. The molecule has 0 aliphatic rings. The third-order valence-electron chi connectivity index (χ3n) is 2.98. The summed E-state index contributed by atoms with van der Waals surface area (Å²) in [6, 6.07) is 10.0. The van der Waals surface area contributed by atoms with Crippen molar-refractivity contribution in [2.45, 2.75) is 52.4 Å². The molecule has 1 rings (SSSR count). The van der Waals surface area contributed by atoms with Gasteiger partial charge in [-0.25, -0.2) is 0 Å². The van der Waals surface area contributed by atoms with Crippen molar-refractivity contribution >= 4 is 5.78 Å². The molecule has 1 aromatic carbocycles. The lowest BCUT2D eigenvalue weighted by atomic mass is 10.0. The zero-order valence-electron chi connectivity index (χ0n) is 11.1. The van der Waals surface area contributed by atoms with E-state index in [-0.39, 0.29) is 0 Å². The molecule has 0 radical (unpaired) electrons. The van der Waals surface area contributed by atoms with Gasteiger partial charge in [0.1, 0.15) is 5.78 Å². The first kappa shape index (κ1) is 14.0. The van der Waals surface area contributed by atoms with Crippen molar-refractivity contribution < 1.29 is 4.79 Å². The molecule has 0 spiro atoms. The zero-order valence-corrected chi connectivity index (χ0v) is 11.1. The van der Waals surface area contributed by atoms with E-state index in [0.717, 1.165) is 24.3 Å². The van der Waals surface area contributed by atoms with E-state index < -0.39 is 0 Å². The molecule has 0 atom stereocenters. The number of hydrogen-bond donors (Lipinski definition) is 0. The topological polar surface area (TPSA) is 17.1 Å². The van der Waals surface area contributed by atoms with Gasteiger partial charge in [0.15, 0.2) is 0 Å². The minimum absolute atomic E-state index is 0.376. The van der Waals surface area contributed by atoms with Gasteiger partial charge in [-0.2, -0.15) is 0 Å². The molecule has 0 amide bonds. The summed E-state index contributed by atoms with van der Waals surface area (Å²) in [5.74, 6) is 1.16. The minimum Gasteiger partial charge on any atom is -0.299 e. The maximum absolute atomic E-state index is 11.7. The lowest BCUT2D eigenvalue weighted by Gasteiger charge is -2.04. The van der Waals surface area contributed by atoms with Crippen LogP contribution in [0.5, 0.6) is 0 Å². The van der Waals surface area contributed by atoms with E-state index in [0.29, 0.717) is 12.2 Å². The molecule has 0 aliphatic carbocycles. The lowest BCUT2D eigenvalue weighted by Crippen LogP contribution is -2.02. The predicted octanol–water partition coefficient (Wildman–Crippen LogP) is 4.40. The quantitative estimate of drug-likeness (QED) is 0.607. The molecule has 0 heterocycles. The molecule has 0 saturated carbocycles. The van der Waals surface area contributed by atoms with Gasteiger partial charge in [0.25, 0.3) is 0 Å². The SMILES string of the molecule is CC(C)CCCCCC(=O)Cc1ccccc1. The van der Waals surface area contributed by atoms with Gasteiger partial charge in [-0.05, 0) is 17.9 Å². The molecule has 0 saturated heterocycles. The molecule has 0 bridgehead atoms. The third-order valence-corrected chi connectivity index (χ3v) is 2.98. The van der Waals surface area contributed by atoms with E-state index in [2.05, 4.69) is 13.8 Å². The predicted molar refractivity (Wildman–Crippen MR) is 73.1 cm³/mol. The highest BCUT2D eigenvalue weighted by atomic mass is 16.1. The molecule has 0 aliphatic heterocycles. The van der Waals surface area contributed by atoms with Crippen LogP contribution in [0.25, 0.3) is 0 Å². The van der Waals surface area contributed by atoms with Crippen molar-refractivity contribution in [3.63, 3.8) is 0 Å². The molecular weight excluding hydrogens is 208 g/mol. The summed E-state index contributed by atoms with van der Waals surface area (Å²) in [7, 11) is 0. The normalized spacial score (nSPS) is 10.8. The Balaban J connectivity index is 2.10. The Morgan fingerprint density at radius 1 is 1.06 bits per heavy atom. The Morgan fingerprint density at radius 3 is 2.41 bits per heavy atom. The van der Waals surface area contributed by atoms with Crippen LogP contribution in [-0.4, -0.2) is 5.78 Å². The summed E-state index contributed by atoms with van der Waals surface area (Å²) < 4.78 is 0. The third kappa shape index (κ3) is 6.93. The van der Waals surface area contributed by atoms with Gasteiger partial charge in [0, 0.05) is 12.8 Å². The summed E-state index contributed by atoms with van der Waals surface area (Å²) >= 11 is 0. The van der Waals surface area contributed by atoms with Gasteiger partial charge in [-0.3, -0.25) is 4.79 Å². The molecule has 94 valence electrons. The van der Waals surface area contributed by atoms with Crippen molar-refractivity contribution in [3.05, 3.63) is 35.9 Å². The standard InChI is InChI=1S/C16H24O/c1-14(2)9-5-3-8-12-16(17)13-15-10-6-4-7-11-15/h4,6-7,10-11,14H,3,5,8-9,12-13H2,1-2H3. The van der Waals surface area contributed by atoms with Crippen LogP contribution in [0.15, 0.2) is 30.3 Å². The van der Waals surface area contributed by atoms with Crippen molar-refractivity contribution in [3.8, 4) is 0 Å². The molecule has 1 aromatic rings. The maximum atomic E-state index is 11.7. The van der Waals surface area contributed by atoms with E-state index in [1.54, 1.807) is 0 Å². The summed E-state index contributed by atoms with van der Waals surface area (Å²) in [5.41, 5.74) is 1.14. The van der Waals surface area contributed by atoms with Crippen LogP contribution in [0.2, 0.25) is 0 Å². The second kappa shape index (κ2) is 8.05. The van der Waals surface area contributed by atoms with Gasteiger partial charge in [-0.15, -0.1) is 0 Å². The minimum atomic E-state index is 0.376. The number of carbonyl (C=O) groups excluding carboxylic acids is 1. The van der Waals surface area contributed by atoms with Crippen molar-refractivity contribution in [1.82, 2.24) is 0 Å². The van der Waals surface area contributed by atoms with Gasteiger partial charge in [0.05, 0.1) is 0 Å². The van der Waals surface area contributed by atoms with Crippen LogP contribution in [0.4, 0.5) is 0 Å². The first-order chi connectivity index (χ1) is 8.18. The van der Waals surface area contributed by atoms with Gasteiger partial charge < -0.3 is 0 Å². The molecule has 17 heavy (non-hydrogen) atoms. The van der Waals surface area contributed by atoms with Gasteiger partial charge in [0.2, 0.25) is 0 Å². The second-order valence-corrected chi connectivity index (χ2v) is 5.19. The molecule has 0 aromatic heterocycles. The second-order valence-electron chi connectivity index (χ2n) is 5.19. The molecule has 1 nitrogen and oxygen atoms in total. The first-order valence-electron chi connectivity index (χ1n) is 6.74. The van der Waals surface area contributed by atoms with E-state index in [1.165, 1.54) is 19.3 Å². The molecule has 0 fully saturated rings. The summed E-state index contributed by atoms with van der Waals surface area (Å²) in [6.45, 7) is 4.50. The summed E-state index contributed by atoms with van der Waals surface area (Å²) in [4.78, 5) is 11.7. The smallest absolute Gasteiger partial charge is 0.137 e. The van der Waals surface area contributed by atoms with Crippen LogP contribution < -0.4 is 0 Å². The highest BCUT2D eigenvalue weighted by Crippen LogP contribution is 2.10. The average Bonchev–Trinajstić information content (AvgIpc) is 2.29. The molecular formula is C16H24O. The number of carbonyl (C=O) groups is 1. The monoisotopic (exact) mass is 232 g/mol. The van der Waals surface area contributed by atoms with Crippen LogP contribution in [0, 0.1) is 5.92 Å². The number of rotatable bonds is 8. The number of unbranched alkanes of at least 4 members (excludes halogenated alkanes) is 2. The average molecular weight is 232 g/mol. The number of ketones is 1. The highest BCUT2D eigenvalue weighted by molar-refractivity contribution is 5.80. The van der Waals surface area contributed by atoms with Gasteiger partial charge in [-0.1, -0.05) is 63.4 Å². The van der Waals surface area contributed by atoms with Gasteiger partial charge >= 0.3 is 0 Å². The number of benzene rings is 1. The Bertz CT molecular complexity index is 314. The molecule has 0 unspecified atom stereocenters. The fourth-order valence-electron chi connectivity index (χ4n) is 1.96. The van der Waals surface area contributed by atoms with Crippen molar-refractivity contribution in [2.24, 2.45) is 5.92 Å². The maximum Gasteiger partial charge on any atom is 0.137 e. The zero-order chi connectivity index (χ0) is 12.5. The van der Waals surface area contributed by atoms with Crippen LogP contribution >= 0.6 is 0 Å². The fourth-order valence-corrected chi connectivity index (χ4v) is 1.96. The van der Waals surface area contributed by atoms with Crippen molar-refractivity contribution in [1.29, 1.82) is 0 Å². The highest BCUT2D eigenvalue weighted by Gasteiger charge is 2.03. The van der Waals surface area contributed by atoms with Crippen molar-refractivity contribution in [2.75, 3.05) is 0 Å². The Hall–Kier alpha value is -1.11. The Labute approximate surface area is 105 Å². The van der Waals surface area contributed by atoms with Crippen LogP contribution in [0.3, 0.4) is 0 Å². The number of hydrogen-bond acceptors (Lipinski definition) is 1. The largest absolute Gasteiger partial charge is 0.299 e. The first-order valence-corrected chi connectivity index (χ1v) is 6.74. The Kier molecular flexibility index (Phi) is 6.61. The van der Waals surface area contributed by atoms with E-state index >= 15 is 0 Å². The van der Waals surface area contributed by atoms with E-state index in [4.69, 9.17) is 0 Å². The van der Waals surface area contributed by atoms with Crippen LogP contribution in [0.1, 0.15) is 51.5 Å². The molecule has 1 heteroatoms. The van der Waals surface area contributed by atoms with E-state index in [9.17, 15) is 4.79 Å². The summed E-state index contributed by atoms with van der Waals surface area (Å²) in [5, 5.41) is 0.